The van der Waals surface area contributed by atoms with Crippen molar-refractivity contribution >= 4 is 11.8 Å². The highest BCUT2D eigenvalue weighted by atomic mass is 16.5. The lowest BCUT2D eigenvalue weighted by atomic mass is 9.89. The van der Waals surface area contributed by atoms with E-state index in [1.807, 2.05) is 11.8 Å². The first-order valence-electron chi connectivity index (χ1n) is 8.27. The van der Waals surface area contributed by atoms with Crippen molar-refractivity contribution in [2.75, 3.05) is 19.7 Å². The first kappa shape index (κ1) is 16.3. The van der Waals surface area contributed by atoms with Gasteiger partial charge in [-0.2, -0.15) is 0 Å². The van der Waals surface area contributed by atoms with Crippen molar-refractivity contribution in [3.05, 3.63) is 0 Å². The van der Waals surface area contributed by atoms with E-state index in [-0.39, 0.29) is 30.6 Å². The lowest BCUT2D eigenvalue weighted by molar-refractivity contribution is -0.131. The minimum absolute atomic E-state index is 0.0518. The van der Waals surface area contributed by atoms with E-state index in [1.54, 1.807) is 0 Å². The van der Waals surface area contributed by atoms with Gasteiger partial charge in [-0.3, -0.25) is 9.59 Å². The highest BCUT2D eigenvalue weighted by Crippen LogP contribution is 2.25. The number of rotatable bonds is 5. The van der Waals surface area contributed by atoms with E-state index in [9.17, 15) is 9.59 Å². The Morgan fingerprint density at radius 1 is 1.29 bits per heavy atom. The van der Waals surface area contributed by atoms with Crippen molar-refractivity contribution in [3.63, 3.8) is 0 Å². The van der Waals surface area contributed by atoms with Crippen molar-refractivity contribution in [3.8, 4) is 0 Å². The number of likely N-dealkylation sites (tertiary alicyclic amines) is 1. The van der Waals surface area contributed by atoms with Gasteiger partial charge in [-0.05, 0) is 25.2 Å². The molecule has 1 aliphatic carbocycles. The van der Waals surface area contributed by atoms with E-state index in [2.05, 4.69) is 12.2 Å². The van der Waals surface area contributed by atoms with Gasteiger partial charge in [-0.15, -0.1) is 0 Å². The molecule has 2 fully saturated rings. The van der Waals surface area contributed by atoms with Gasteiger partial charge in [-0.1, -0.05) is 26.7 Å². The van der Waals surface area contributed by atoms with Gasteiger partial charge >= 0.3 is 0 Å². The largest absolute Gasteiger partial charge is 0.368 e. The molecule has 0 aromatic heterocycles. The van der Waals surface area contributed by atoms with Crippen LogP contribution in [0.15, 0.2) is 0 Å². The maximum atomic E-state index is 11.9. The Morgan fingerprint density at radius 2 is 2.10 bits per heavy atom. The van der Waals surface area contributed by atoms with Crippen LogP contribution in [0.3, 0.4) is 0 Å². The Balaban J connectivity index is 1.65. The fourth-order valence-electron chi connectivity index (χ4n) is 3.32. The zero-order valence-corrected chi connectivity index (χ0v) is 13.3. The Labute approximate surface area is 127 Å². The smallest absolute Gasteiger partial charge is 0.246 e. The van der Waals surface area contributed by atoms with Crippen molar-refractivity contribution in [1.29, 1.82) is 0 Å². The van der Waals surface area contributed by atoms with Gasteiger partial charge in [0, 0.05) is 25.6 Å². The Bertz CT molecular complexity index is 373. The molecule has 3 unspecified atom stereocenters. The summed E-state index contributed by atoms with van der Waals surface area (Å²) in [6.07, 6.45) is 6.22. The molecule has 1 saturated heterocycles. The minimum atomic E-state index is -0.0518. The van der Waals surface area contributed by atoms with Crippen molar-refractivity contribution in [1.82, 2.24) is 10.2 Å². The third kappa shape index (κ3) is 4.99. The Morgan fingerprint density at radius 3 is 2.81 bits per heavy atom. The Kier molecular flexibility index (Phi) is 6.03. The summed E-state index contributed by atoms with van der Waals surface area (Å²) in [4.78, 5) is 25.4. The van der Waals surface area contributed by atoms with E-state index in [0.717, 1.165) is 25.8 Å². The fraction of sp³-hybridized carbons (Fsp3) is 0.875. The average molecular weight is 296 g/mol. The zero-order valence-electron chi connectivity index (χ0n) is 13.3. The normalized spacial score (nSPS) is 29.4. The van der Waals surface area contributed by atoms with Crippen LogP contribution in [0.1, 0.15) is 52.4 Å². The first-order chi connectivity index (χ1) is 10.1. The molecule has 5 heteroatoms. The third-order valence-corrected chi connectivity index (χ3v) is 4.55. The SMILES string of the molecule is CCC(=O)N1CCC(NC(=O)COC2CCCC(C)C2)C1. The summed E-state index contributed by atoms with van der Waals surface area (Å²) >= 11 is 0. The number of amides is 2. The number of hydrogen-bond acceptors (Lipinski definition) is 3. The topological polar surface area (TPSA) is 58.6 Å². The summed E-state index contributed by atoms with van der Waals surface area (Å²) in [6.45, 7) is 5.65. The number of carbonyl (C=O) groups is 2. The van der Waals surface area contributed by atoms with Gasteiger partial charge in [0.15, 0.2) is 0 Å². The second-order valence-electron chi connectivity index (χ2n) is 6.45. The predicted octanol–water partition coefficient (Wildman–Crippen LogP) is 1.71. The summed E-state index contributed by atoms with van der Waals surface area (Å²) in [6, 6.07) is 0.0851. The maximum Gasteiger partial charge on any atom is 0.246 e. The second-order valence-corrected chi connectivity index (χ2v) is 6.45. The standard InChI is InChI=1S/C16H28N2O3/c1-3-16(20)18-8-7-13(10-18)17-15(19)11-21-14-6-4-5-12(2)9-14/h12-14H,3-11H2,1-2H3,(H,17,19). The van der Waals surface area contributed by atoms with Gasteiger partial charge in [0.2, 0.25) is 11.8 Å². The van der Waals surface area contributed by atoms with Crippen LogP contribution < -0.4 is 5.32 Å². The molecule has 3 atom stereocenters. The van der Waals surface area contributed by atoms with Gasteiger partial charge in [-0.25, -0.2) is 0 Å². The van der Waals surface area contributed by atoms with Gasteiger partial charge in [0.05, 0.1) is 6.10 Å². The molecule has 0 radical (unpaired) electrons. The second kappa shape index (κ2) is 7.78. The summed E-state index contributed by atoms with van der Waals surface area (Å²) in [5, 5.41) is 2.98. The predicted molar refractivity (Wildman–Crippen MR) is 80.8 cm³/mol. The third-order valence-electron chi connectivity index (χ3n) is 4.55. The number of nitrogens with zero attached hydrogens (tertiary/aromatic N) is 1. The summed E-state index contributed by atoms with van der Waals surface area (Å²) in [5.41, 5.74) is 0. The summed E-state index contributed by atoms with van der Waals surface area (Å²) < 4.78 is 5.73. The van der Waals surface area contributed by atoms with Crippen LogP contribution >= 0.6 is 0 Å². The lowest BCUT2D eigenvalue weighted by Gasteiger charge is -2.26. The molecule has 0 aromatic rings. The lowest BCUT2D eigenvalue weighted by Crippen LogP contribution is -2.40. The van der Waals surface area contributed by atoms with E-state index in [4.69, 9.17) is 4.74 Å². The number of ether oxygens (including phenoxy) is 1. The molecule has 2 rings (SSSR count). The van der Waals surface area contributed by atoms with E-state index in [1.165, 1.54) is 12.8 Å². The van der Waals surface area contributed by atoms with Crippen LogP contribution in [0.5, 0.6) is 0 Å². The van der Waals surface area contributed by atoms with Gasteiger partial charge in [0.25, 0.3) is 0 Å². The highest BCUT2D eigenvalue weighted by molar-refractivity contribution is 5.78. The summed E-state index contributed by atoms with van der Waals surface area (Å²) in [7, 11) is 0. The molecule has 1 aliphatic heterocycles. The molecule has 120 valence electrons. The van der Waals surface area contributed by atoms with Crippen LogP contribution in [0.2, 0.25) is 0 Å². The van der Waals surface area contributed by atoms with Crippen LogP contribution in [-0.4, -0.2) is 48.6 Å². The van der Waals surface area contributed by atoms with Crippen LogP contribution in [-0.2, 0) is 14.3 Å². The maximum absolute atomic E-state index is 11.9. The van der Waals surface area contributed by atoms with Gasteiger partial charge < -0.3 is 15.0 Å². The van der Waals surface area contributed by atoms with Crippen LogP contribution in [0.25, 0.3) is 0 Å². The average Bonchev–Trinajstić information content (AvgIpc) is 2.93. The Hall–Kier alpha value is -1.10. The molecular weight excluding hydrogens is 268 g/mol. The fourth-order valence-corrected chi connectivity index (χ4v) is 3.32. The molecule has 5 nitrogen and oxygen atoms in total. The molecular formula is C16H28N2O3. The molecule has 2 amide bonds. The molecule has 0 bridgehead atoms. The molecule has 1 heterocycles. The monoisotopic (exact) mass is 296 g/mol. The molecule has 2 aliphatic rings. The van der Waals surface area contributed by atoms with E-state index < -0.39 is 0 Å². The van der Waals surface area contributed by atoms with Crippen molar-refractivity contribution in [2.45, 2.75) is 64.5 Å². The van der Waals surface area contributed by atoms with E-state index >= 15 is 0 Å². The zero-order chi connectivity index (χ0) is 15.2. The highest BCUT2D eigenvalue weighted by Gasteiger charge is 2.27. The van der Waals surface area contributed by atoms with E-state index in [0.29, 0.717) is 18.9 Å². The molecule has 1 N–H and O–H groups in total. The molecule has 0 spiro atoms. The summed E-state index contributed by atoms with van der Waals surface area (Å²) in [5.74, 6) is 0.818. The van der Waals surface area contributed by atoms with Gasteiger partial charge in [0.1, 0.15) is 6.61 Å². The number of carbonyl (C=O) groups excluding carboxylic acids is 2. The van der Waals surface area contributed by atoms with Crippen molar-refractivity contribution in [2.24, 2.45) is 5.92 Å². The van der Waals surface area contributed by atoms with Crippen molar-refractivity contribution < 1.29 is 14.3 Å². The molecule has 0 aromatic carbocycles. The quantitative estimate of drug-likeness (QED) is 0.840. The molecule has 21 heavy (non-hydrogen) atoms. The minimum Gasteiger partial charge on any atom is -0.368 e. The first-order valence-corrected chi connectivity index (χ1v) is 8.27. The number of nitrogens with one attached hydrogen (secondary N) is 1. The van der Waals surface area contributed by atoms with Crippen LogP contribution in [0.4, 0.5) is 0 Å². The molecule has 1 saturated carbocycles. The number of hydrogen-bond donors (Lipinski definition) is 1. The van der Waals surface area contributed by atoms with Crippen LogP contribution in [0, 0.1) is 5.92 Å².